The van der Waals surface area contributed by atoms with Gasteiger partial charge in [0.05, 0.1) is 12.2 Å². The molecule has 4 fully saturated rings. The SMILES string of the molecule is [2H]C([2H])([2H])C([2H])(C)C(CC[C@@H](C)[C@H]1CCC2C3C(O)C[C@H]4C[C@@H](NCCCNCCCCN)CC[C@]4(C)C3CC[C@@]21C)OS(=O)(=O)O. The summed E-state index contributed by atoms with van der Waals surface area (Å²) >= 11 is 0. The van der Waals surface area contributed by atoms with Crippen molar-refractivity contribution >= 4 is 10.4 Å². The molecule has 4 rings (SSSR count). The van der Waals surface area contributed by atoms with Crippen LogP contribution in [0.5, 0.6) is 0 Å². The van der Waals surface area contributed by atoms with Crippen LogP contribution in [0.2, 0.25) is 0 Å². The maximum atomic E-state index is 11.8. The van der Waals surface area contributed by atoms with Crippen LogP contribution in [0.4, 0.5) is 0 Å². The molecule has 0 aromatic carbocycles. The number of unbranched alkanes of at least 4 members (excludes halogenated alkanes) is 1. The summed E-state index contributed by atoms with van der Waals surface area (Å²) in [4.78, 5) is 0. The predicted octanol–water partition coefficient (Wildman–Crippen LogP) is 5.55. The highest BCUT2D eigenvalue weighted by Gasteiger charge is 2.62. The Bertz CT molecular complexity index is 1130. The third-order valence-electron chi connectivity index (χ3n) is 12.8. The highest BCUT2D eigenvalue weighted by atomic mass is 32.3. The normalized spacial score (nSPS) is 42.3. The first-order chi connectivity index (χ1) is 21.8. The number of nitrogens with two attached hydrogens (primary N) is 1. The standard InChI is InChI=1S/C34H65N3O5S/c1-23(2)31(42-43(39,40)41)12-9-24(3)27-10-11-28-32-29(14-16-34(27,28)5)33(4)15-13-26(21-25(33)22-30(32)38)37-20-8-19-36-18-7-6-17-35/h23-32,36-38H,6-22,35H2,1-5H3,(H,39,40,41)/t24-,25-,26+,27-,28?,29?,30?,31?,32?,33+,34-/m1/s1/i1D3,23D/t23?,24-,25-,26+,27-,28?,29?,30?,31?,32?,33+,34-. The minimum absolute atomic E-state index is 0.0373. The van der Waals surface area contributed by atoms with Gasteiger partial charge in [0.1, 0.15) is 0 Å². The van der Waals surface area contributed by atoms with Gasteiger partial charge in [-0.25, -0.2) is 4.18 Å². The van der Waals surface area contributed by atoms with Gasteiger partial charge in [-0.1, -0.05) is 34.5 Å². The van der Waals surface area contributed by atoms with Crippen molar-refractivity contribution < 1.29 is 27.7 Å². The summed E-state index contributed by atoms with van der Waals surface area (Å²) in [6.07, 6.45) is 10.8. The average Bonchev–Trinajstić information content (AvgIpc) is 3.33. The lowest BCUT2D eigenvalue weighted by Crippen LogP contribution is -2.59. The van der Waals surface area contributed by atoms with Crippen molar-refractivity contribution in [1.82, 2.24) is 10.6 Å². The van der Waals surface area contributed by atoms with E-state index >= 15 is 0 Å². The van der Waals surface area contributed by atoms with E-state index in [1.165, 1.54) is 12.8 Å². The summed E-state index contributed by atoms with van der Waals surface area (Å²) in [5, 5.41) is 19.2. The molecule has 0 aromatic rings. The van der Waals surface area contributed by atoms with Crippen LogP contribution in [-0.2, 0) is 14.6 Å². The van der Waals surface area contributed by atoms with E-state index in [2.05, 4.69) is 31.4 Å². The zero-order valence-corrected chi connectivity index (χ0v) is 28.1. The van der Waals surface area contributed by atoms with Crippen LogP contribution in [-0.4, -0.2) is 62.5 Å². The summed E-state index contributed by atoms with van der Waals surface area (Å²) in [6.45, 7) is 9.26. The van der Waals surface area contributed by atoms with Crippen LogP contribution in [0.25, 0.3) is 0 Å². The van der Waals surface area contributed by atoms with Gasteiger partial charge < -0.3 is 21.5 Å². The van der Waals surface area contributed by atoms with Crippen molar-refractivity contribution in [2.75, 3.05) is 26.2 Å². The molecule has 0 bridgehead atoms. The summed E-state index contributed by atoms with van der Waals surface area (Å²) in [6, 6.07) is 0.518. The van der Waals surface area contributed by atoms with E-state index < -0.39 is 29.2 Å². The second-order valence-corrected chi connectivity index (χ2v) is 16.3. The first kappa shape index (κ1) is 30.1. The smallest absolute Gasteiger partial charge is 0.393 e. The van der Waals surface area contributed by atoms with Gasteiger partial charge in [0.25, 0.3) is 0 Å². The topological polar surface area (TPSA) is 134 Å². The highest BCUT2D eigenvalue weighted by molar-refractivity contribution is 7.80. The Morgan fingerprint density at radius 1 is 1.00 bits per heavy atom. The summed E-state index contributed by atoms with van der Waals surface area (Å²) in [5.74, 6) is 0.0328. The highest BCUT2D eigenvalue weighted by Crippen LogP contribution is 2.68. The zero-order chi connectivity index (χ0) is 34.8. The number of nitrogens with one attached hydrogen (secondary N) is 2. The molecular formula is C34H65N3O5S. The molecule has 0 heterocycles. The molecule has 9 heteroatoms. The van der Waals surface area contributed by atoms with Gasteiger partial charge in [-0.2, -0.15) is 8.42 Å². The average molecular weight is 632 g/mol. The van der Waals surface area contributed by atoms with E-state index in [0.29, 0.717) is 36.1 Å². The van der Waals surface area contributed by atoms with Crippen molar-refractivity contribution in [1.29, 1.82) is 0 Å². The van der Waals surface area contributed by atoms with Crippen molar-refractivity contribution in [3.8, 4) is 0 Å². The van der Waals surface area contributed by atoms with Crippen molar-refractivity contribution in [3.63, 3.8) is 0 Å². The van der Waals surface area contributed by atoms with Gasteiger partial charge in [-0.3, -0.25) is 4.55 Å². The number of aliphatic hydroxyl groups excluding tert-OH is 1. The fourth-order valence-electron chi connectivity index (χ4n) is 10.5. The Hall–Kier alpha value is -0.290. The third kappa shape index (κ3) is 8.36. The number of hydrogen-bond donors (Lipinski definition) is 5. The monoisotopic (exact) mass is 631 g/mol. The van der Waals surface area contributed by atoms with Gasteiger partial charge in [-0.05, 0) is 162 Å². The Balaban J connectivity index is 1.35. The van der Waals surface area contributed by atoms with Crippen molar-refractivity contribution in [3.05, 3.63) is 0 Å². The fraction of sp³-hybridized carbons (Fsp3) is 1.00. The molecule has 6 N–H and O–H groups in total. The van der Waals surface area contributed by atoms with E-state index in [9.17, 15) is 18.1 Å². The molecule has 4 saturated carbocycles. The first-order valence-electron chi connectivity index (χ1n) is 19.3. The van der Waals surface area contributed by atoms with E-state index in [0.717, 1.165) is 90.9 Å². The van der Waals surface area contributed by atoms with Crippen molar-refractivity contribution in [2.24, 2.45) is 58.0 Å². The lowest BCUT2D eigenvalue weighted by molar-refractivity contribution is -0.167. The number of rotatable bonds is 16. The van der Waals surface area contributed by atoms with Crippen molar-refractivity contribution in [2.45, 2.75) is 136 Å². The van der Waals surface area contributed by atoms with Gasteiger partial charge in [0, 0.05) is 11.5 Å². The minimum Gasteiger partial charge on any atom is -0.393 e. The largest absolute Gasteiger partial charge is 0.397 e. The minimum atomic E-state index is -4.92. The predicted molar refractivity (Wildman–Crippen MR) is 174 cm³/mol. The molecule has 0 spiro atoms. The molecular weight excluding hydrogens is 562 g/mol. The third-order valence-corrected chi connectivity index (χ3v) is 13.3. The molecule has 4 aliphatic carbocycles. The van der Waals surface area contributed by atoms with Gasteiger partial charge >= 0.3 is 10.4 Å². The molecule has 0 amide bonds. The molecule has 0 aliphatic heterocycles. The lowest BCUT2D eigenvalue weighted by Gasteiger charge is -2.62. The Kier molecular flexibility index (Phi) is 10.5. The molecule has 8 nitrogen and oxygen atoms in total. The van der Waals surface area contributed by atoms with Gasteiger partial charge in [-0.15, -0.1) is 0 Å². The molecule has 0 aromatic heterocycles. The lowest BCUT2D eigenvalue weighted by atomic mass is 9.43. The van der Waals surface area contributed by atoms with Gasteiger partial charge in [0.2, 0.25) is 0 Å². The first-order valence-corrected chi connectivity index (χ1v) is 18.7. The molecule has 12 atom stereocenters. The number of aliphatic hydroxyl groups is 1. The van der Waals surface area contributed by atoms with Crippen LogP contribution in [0, 0.1) is 52.2 Å². The molecule has 252 valence electrons. The second kappa shape index (κ2) is 15.1. The van der Waals surface area contributed by atoms with Crippen LogP contribution < -0.4 is 16.4 Å². The second-order valence-electron chi connectivity index (χ2n) is 15.3. The Labute approximate surface area is 269 Å². The maximum Gasteiger partial charge on any atom is 0.397 e. The fourth-order valence-corrected chi connectivity index (χ4v) is 11.1. The molecule has 0 radical (unpaired) electrons. The van der Waals surface area contributed by atoms with E-state index in [1.54, 1.807) is 0 Å². The summed E-state index contributed by atoms with van der Waals surface area (Å²) in [5.41, 5.74) is 5.86. The molecule has 43 heavy (non-hydrogen) atoms. The Morgan fingerprint density at radius 3 is 2.44 bits per heavy atom. The van der Waals surface area contributed by atoms with Crippen LogP contribution in [0.1, 0.15) is 124 Å². The van der Waals surface area contributed by atoms with E-state index in [4.69, 9.17) is 15.4 Å². The summed E-state index contributed by atoms with van der Waals surface area (Å²) < 4.78 is 69.3. The van der Waals surface area contributed by atoms with E-state index in [1.807, 2.05) is 0 Å². The zero-order valence-electron chi connectivity index (χ0n) is 31.3. The molecule has 4 aliphatic rings. The number of hydrogen-bond acceptors (Lipinski definition) is 7. The summed E-state index contributed by atoms with van der Waals surface area (Å²) in [7, 11) is -4.92. The van der Waals surface area contributed by atoms with Crippen LogP contribution >= 0.6 is 0 Å². The molecule has 0 saturated heterocycles. The van der Waals surface area contributed by atoms with Crippen LogP contribution in [0.3, 0.4) is 0 Å². The van der Waals surface area contributed by atoms with Gasteiger partial charge in [0.15, 0.2) is 0 Å². The number of fused-ring (bicyclic) bond motifs is 5. The Morgan fingerprint density at radius 2 is 1.72 bits per heavy atom. The quantitative estimate of drug-likeness (QED) is 0.111. The maximum absolute atomic E-state index is 11.8. The van der Waals surface area contributed by atoms with Crippen LogP contribution in [0.15, 0.2) is 0 Å². The molecule has 6 unspecified atom stereocenters. The van der Waals surface area contributed by atoms with E-state index in [-0.39, 0.29) is 35.2 Å².